The SMILES string of the molecule is CCC1CCC(N(C(=O)c2cc(S(=O)(=O)N3CCOCC3)c(Cl)cc2Cl)C2CC2)CC1. The van der Waals surface area contributed by atoms with Crippen molar-refractivity contribution in [2.75, 3.05) is 26.3 Å². The molecule has 4 rings (SSSR count). The van der Waals surface area contributed by atoms with Gasteiger partial charge in [0.25, 0.3) is 5.91 Å². The highest BCUT2D eigenvalue weighted by molar-refractivity contribution is 7.89. The Hall–Kier alpha value is -0.860. The first kappa shape index (κ1) is 23.3. The zero-order valence-electron chi connectivity index (χ0n) is 17.9. The molecule has 3 fully saturated rings. The molecular weight excluding hydrogens is 459 g/mol. The second-order valence-electron chi connectivity index (χ2n) is 8.81. The van der Waals surface area contributed by atoms with Crippen LogP contribution in [0.25, 0.3) is 0 Å². The summed E-state index contributed by atoms with van der Waals surface area (Å²) in [7, 11) is -3.84. The van der Waals surface area contributed by atoms with E-state index in [1.165, 1.54) is 22.9 Å². The van der Waals surface area contributed by atoms with Crippen LogP contribution in [-0.4, -0.2) is 61.9 Å². The number of nitrogens with zero attached hydrogens (tertiary/aromatic N) is 2. The lowest BCUT2D eigenvalue weighted by Gasteiger charge is -2.37. The molecule has 1 aromatic rings. The Bertz CT molecular complexity index is 922. The normalized spacial score (nSPS) is 25.4. The van der Waals surface area contributed by atoms with Crippen LogP contribution in [0, 0.1) is 5.92 Å². The fourth-order valence-electron chi connectivity index (χ4n) is 4.77. The number of carbonyl (C=O) groups excluding carboxylic acids is 1. The van der Waals surface area contributed by atoms with E-state index in [1.807, 2.05) is 4.90 Å². The predicted molar refractivity (Wildman–Crippen MR) is 121 cm³/mol. The van der Waals surface area contributed by atoms with Crippen LogP contribution >= 0.6 is 23.2 Å². The van der Waals surface area contributed by atoms with Gasteiger partial charge < -0.3 is 9.64 Å². The van der Waals surface area contributed by atoms with E-state index in [4.69, 9.17) is 27.9 Å². The molecule has 0 aromatic heterocycles. The van der Waals surface area contributed by atoms with E-state index >= 15 is 0 Å². The third kappa shape index (κ3) is 4.91. The number of hydrogen-bond donors (Lipinski definition) is 0. The maximum Gasteiger partial charge on any atom is 0.255 e. The van der Waals surface area contributed by atoms with Crippen molar-refractivity contribution in [1.82, 2.24) is 9.21 Å². The molecule has 1 heterocycles. The quantitative estimate of drug-likeness (QED) is 0.587. The van der Waals surface area contributed by atoms with Gasteiger partial charge >= 0.3 is 0 Å². The monoisotopic (exact) mass is 488 g/mol. The van der Waals surface area contributed by atoms with Crippen LogP contribution in [0.2, 0.25) is 10.0 Å². The third-order valence-corrected chi connectivity index (χ3v) is 9.48. The van der Waals surface area contributed by atoms with Crippen molar-refractivity contribution >= 4 is 39.1 Å². The minimum absolute atomic E-state index is 0.0365. The molecule has 2 aliphatic carbocycles. The molecule has 0 unspecified atom stereocenters. The summed E-state index contributed by atoms with van der Waals surface area (Å²) >= 11 is 12.7. The van der Waals surface area contributed by atoms with Crippen LogP contribution in [0.5, 0.6) is 0 Å². The van der Waals surface area contributed by atoms with E-state index in [9.17, 15) is 13.2 Å². The maximum atomic E-state index is 13.6. The summed E-state index contributed by atoms with van der Waals surface area (Å²) in [6.45, 7) is 3.43. The van der Waals surface area contributed by atoms with Crippen LogP contribution in [0.1, 0.15) is 62.2 Å². The molecule has 31 heavy (non-hydrogen) atoms. The molecule has 2 saturated carbocycles. The summed E-state index contributed by atoms with van der Waals surface area (Å²) in [4.78, 5) is 15.6. The fraction of sp³-hybridized carbons (Fsp3) is 0.682. The maximum absolute atomic E-state index is 13.6. The Labute approximate surface area is 194 Å². The van der Waals surface area contributed by atoms with Gasteiger partial charge in [0, 0.05) is 25.2 Å². The number of halogens is 2. The van der Waals surface area contributed by atoms with Crippen molar-refractivity contribution in [1.29, 1.82) is 0 Å². The van der Waals surface area contributed by atoms with Gasteiger partial charge in [-0.05, 0) is 56.6 Å². The Morgan fingerprint density at radius 2 is 1.61 bits per heavy atom. The summed E-state index contributed by atoms with van der Waals surface area (Å²) in [5.74, 6) is 0.555. The van der Waals surface area contributed by atoms with E-state index in [0.29, 0.717) is 13.2 Å². The van der Waals surface area contributed by atoms with Crippen LogP contribution in [0.4, 0.5) is 0 Å². The van der Waals surface area contributed by atoms with Gasteiger partial charge in [0.15, 0.2) is 0 Å². The Kier molecular flexibility index (Phi) is 7.18. The van der Waals surface area contributed by atoms with Crippen LogP contribution in [0.3, 0.4) is 0 Å². The number of morpholine rings is 1. The second kappa shape index (κ2) is 9.56. The molecule has 1 saturated heterocycles. The van der Waals surface area contributed by atoms with E-state index in [0.717, 1.165) is 44.4 Å². The highest BCUT2D eigenvalue weighted by atomic mass is 35.5. The molecule has 172 valence electrons. The van der Waals surface area contributed by atoms with Crippen molar-refractivity contribution in [3.05, 3.63) is 27.7 Å². The summed E-state index contributed by atoms with van der Waals surface area (Å²) in [6, 6.07) is 3.18. The van der Waals surface area contributed by atoms with Gasteiger partial charge in [-0.2, -0.15) is 4.31 Å². The average Bonchev–Trinajstić information content (AvgIpc) is 3.60. The summed E-state index contributed by atoms with van der Waals surface area (Å²) in [6.07, 6.45) is 7.39. The molecule has 0 bridgehead atoms. The zero-order valence-corrected chi connectivity index (χ0v) is 20.2. The van der Waals surface area contributed by atoms with E-state index in [-0.39, 0.29) is 51.6 Å². The molecule has 1 aromatic carbocycles. The number of sulfonamides is 1. The first-order valence-corrected chi connectivity index (χ1v) is 13.4. The average molecular weight is 489 g/mol. The van der Waals surface area contributed by atoms with Crippen LogP contribution in [0.15, 0.2) is 17.0 Å². The Morgan fingerprint density at radius 1 is 1.03 bits per heavy atom. The summed E-state index contributed by atoms with van der Waals surface area (Å²) in [5.41, 5.74) is 0.224. The van der Waals surface area contributed by atoms with Gasteiger partial charge in [-0.3, -0.25) is 4.79 Å². The first-order valence-electron chi connectivity index (χ1n) is 11.2. The molecule has 0 N–H and O–H groups in total. The number of benzene rings is 1. The molecule has 0 radical (unpaired) electrons. The second-order valence-corrected chi connectivity index (χ2v) is 11.5. The van der Waals surface area contributed by atoms with Crippen molar-refractivity contribution < 1.29 is 17.9 Å². The molecular formula is C22H30Cl2N2O4S. The molecule has 0 atom stereocenters. The van der Waals surface area contributed by atoms with Gasteiger partial charge in [-0.15, -0.1) is 0 Å². The van der Waals surface area contributed by atoms with E-state index < -0.39 is 10.0 Å². The van der Waals surface area contributed by atoms with Crippen molar-refractivity contribution in [3.8, 4) is 0 Å². The van der Waals surface area contributed by atoms with Crippen molar-refractivity contribution in [3.63, 3.8) is 0 Å². The Balaban J connectivity index is 1.63. The number of ether oxygens (including phenoxy) is 1. The van der Waals surface area contributed by atoms with E-state index in [1.54, 1.807) is 0 Å². The zero-order chi connectivity index (χ0) is 22.2. The predicted octanol–water partition coefficient (Wildman–Crippen LogP) is 4.59. The largest absolute Gasteiger partial charge is 0.379 e. The lowest BCUT2D eigenvalue weighted by Crippen LogP contribution is -2.44. The van der Waals surface area contributed by atoms with Crippen LogP contribution in [-0.2, 0) is 14.8 Å². The highest BCUT2D eigenvalue weighted by Gasteiger charge is 2.40. The number of rotatable bonds is 6. The topological polar surface area (TPSA) is 66.9 Å². The van der Waals surface area contributed by atoms with Crippen molar-refractivity contribution in [2.24, 2.45) is 5.92 Å². The lowest BCUT2D eigenvalue weighted by atomic mass is 9.83. The van der Waals surface area contributed by atoms with Crippen LogP contribution < -0.4 is 0 Å². The molecule has 6 nitrogen and oxygen atoms in total. The Morgan fingerprint density at radius 3 is 2.16 bits per heavy atom. The minimum atomic E-state index is -3.84. The van der Waals surface area contributed by atoms with Crippen molar-refractivity contribution in [2.45, 2.75) is 68.8 Å². The van der Waals surface area contributed by atoms with Gasteiger partial charge in [-0.25, -0.2) is 8.42 Å². The van der Waals surface area contributed by atoms with E-state index in [2.05, 4.69) is 6.92 Å². The molecule has 1 amide bonds. The summed E-state index contributed by atoms with van der Waals surface area (Å²) < 4.78 is 33.0. The highest BCUT2D eigenvalue weighted by Crippen LogP contribution is 2.39. The first-order chi connectivity index (χ1) is 14.8. The van der Waals surface area contributed by atoms with Gasteiger partial charge in [0.05, 0.1) is 28.8 Å². The number of hydrogen-bond acceptors (Lipinski definition) is 4. The lowest BCUT2D eigenvalue weighted by molar-refractivity contribution is 0.0587. The molecule has 3 aliphatic rings. The third-order valence-electron chi connectivity index (χ3n) is 6.80. The molecule has 1 aliphatic heterocycles. The van der Waals surface area contributed by atoms with Gasteiger partial charge in [0.2, 0.25) is 10.0 Å². The standard InChI is InChI=1S/C22H30Cl2N2O4S/c1-2-15-3-5-16(6-4-15)26(17-7-8-17)22(27)18-13-21(20(24)14-19(18)23)31(28,29)25-9-11-30-12-10-25/h13-17H,2-12H2,1H3. The summed E-state index contributed by atoms with van der Waals surface area (Å²) in [5, 5.41) is 0.235. The molecule has 0 spiro atoms. The molecule has 9 heteroatoms. The minimum Gasteiger partial charge on any atom is -0.379 e. The fourth-order valence-corrected chi connectivity index (χ4v) is 7.01. The number of amides is 1. The number of carbonyl (C=O) groups is 1. The smallest absolute Gasteiger partial charge is 0.255 e. The van der Waals surface area contributed by atoms with Gasteiger partial charge in [-0.1, -0.05) is 36.5 Å². The van der Waals surface area contributed by atoms with Gasteiger partial charge in [0.1, 0.15) is 4.90 Å².